The van der Waals surface area contributed by atoms with Gasteiger partial charge in [0.15, 0.2) is 0 Å². The van der Waals surface area contributed by atoms with Crippen LogP contribution in [0.4, 0.5) is 0 Å². The second-order valence-electron chi connectivity index (χ2n) is 5.03. The van der Waals surface area contributed by atoms with Crippen LogP contribution in [0.25, 0.3) is 0 Å². The van der Waals surface area contributed by atoms with E-state index in [2.05, 4.69) is 4.74 Å². The highest BCUT2D eigenvalue weighted by molar-refractivity contribution is 5.95. The number of nitrogens with two attached hydrogens (primary N) is 5. The van der Waals surface area contributed by atoms with Gasteiger partial charge in [-0.15, -0.1) is 0 Å². The minimum Gasteiger partial charge on any atom is -0.393 e. The Morgan fingerprint density at radius 1 is 1.40 bits per heavy atom. The largest absolute Gasteiger partial charge is 0.393 e. The van der Waals surface area contributed by atoms with Gasteiger partial charge in [0.25, 0.3) is 0 Å². The first-order valence-electron chi connectivity index (χ1n) is 6.29. The first kappa shape index (κ1) is 18.7. The summed E-state index contributed by atoms with van der Waals surface area (Å²) in [6.45, 7) is 4.22. The summed E-state index contributed by atoms with van der Waals surface area (Å²) < 4.78 is 4.35. The summed E-state index contributed by atoms with van der Waals surface area (Å²) in [6.07, 6.45) is 2.50. The summed E-state index contributed by atoms with van der Waals surface area (Å²) in [5.74, 6) is -2.47. The molecule has 1 heterocycles. The van der Waals surface area contributed by atoms with Gasteiger partial charge >= 0.3 is 11.9 Å². The van der Waals surface area contributed by atoms with Crippen molar-refractivity contribution in [2.75, 3.05) is 6.54 Å². The molecule has 2 unspecified atom stereocenters. The van der Waals surface area contributed by atoms with Gasteiger partial charge in [-0.1, -0.05) is 11.6 Å². The maximum absolute atomic E-state index is 10.8. The molecule has 0 bridgehead atoms. The van der Waals surface area contributed by atoms with Crippen LogP contribution < -0.4 is 28.7 Å². The van der Waals surface area contributed by atoms with Crippen molar-refractivity contribution in [1.82, 2.24) is 0 Å². The van der Waals surface area contributed by atoms with Gasteiger partial charge in [0.05, 0.1) is 18.4 Å². The van der Waals surface area contributed by atoms with E-state index in [-0.39, 0.29) is 12.3 Å². The summed E-state index contributed by atoms with van der Waals surface area (Å²) in [5, 5.41) is 0. The molecule has 0 aliphatic carbocycles. The first-order valence-corrected chi connectivity index (χ1v) is 6.29. The summed E-state index contributed by atoms with van der Waals surface area (Å²) in [6, 6.07) is -0.428. The quantitative estimate of drug-likeness (QED) is 0.175. The molecule has 0 aromatic heterocycles. The zero-order chi connectivity index (χ0) is 15.9. The molecule has 0 amide bonds. The number of allylic oxidation sites excluding steroid dienone is 1. The molecule has 8 heteroatoms. The topological polar surface area (TPSA) is 173 Å². The fourth-order valence-corrected chi connectivity index (χ4v) is 1.45. The van der Waals surface area contributed by atoms with Crippen LogP contribution in [0, 0.1) is 5.92 Å². The molecule has 10 N–H and O–H groups in total. The van der Waals surface area contributed by atoms with Crippen LogP contribution in [-0.2, 0) is 14.3 Å². The third kappa shape index (κ3) is 7.31. The predicted molar refractivity (Wildman–Crippen MR) is 75.6 cm³/mol. The smallest absolute Gasteiger partial charge is 0.321 e. The highest BCUT2D eigenvalue weighted by atomic mass is 16.6. The molecule has 1 rings (SSSR count). The predicted octanol–water partition coefficient (Wildman–Crippen LogP) is -1.77. The molecule has 20 heavy (non-hydrogen) atoms. The van der Waals surface area contributed by atoms with Crippen LogP contribution >= 0.6 is 0 Å². The second-order valence-corrected chi connectivity index (χ2v) is 5.03. The van der Waals surface area contributed by atoms with Gasteiger partial charge in [-0.3, -0.25) is 26.8 Å². The van der Waals surface area contributed by atoms with E-state index in [1.807, 2.05) is 13.8 Å². The zero-order valence-corrected chi connectivity index (χ0v) is 12.0. The van der Waals surface area contributed by atoms with E-state index in [4.69, 9.17) is 28.7 Å². The van der Waals surface area contributed by atoms with Crippen LogP contribution in [0.5, 0.6) is 0 Å². The van der Waals surface area contributed by atoms with E-state index < -0.39 is 23.8 Å². The van der Waals surface area contributed by atoms with Gasteiger partial charge in [-0.05, 0) is 26.8 Å². The van der Waals surface area contributed by atoms with Crippen molar-refractivity contribution in [2.45, 2.75) is 38.5 Å². The molecule has 8 nitrogen and oxygen atoms in total. The van der Waals surface area contributed by atoms with Crippen molar-refractivity contribution >= 4 is 11.9 Å². The van der Waals surface area contributed by atoms with E-state index in [1.54, 1.807) is 6.08 Å². The van der Waals surface area contributed by atoms with Crippen LogP contribution in [0.15, 0.2) is 11.6 Å². The summed E-state index contributed by atoms with van der Waals surface area (Å²) in [4.78, 5) is 21.4. The zero-order valence-electron chi connectivity index (χ0n) is 12.0. The van der Waals surface area contributed by atoms with Gasteiger partial charge in [-0.2, -0.15) is 0 Å². The average molecular weight is 287 g/mol. The Balaban J connectivity index is 0.000000370. The van der Waals surface area contributed by atoms with Crippen molar-refractivity contribution in [3.8, 4) is 0 Å². The molecule has 0 saturated carbocycles. The summed E-state index contributed by atoms with van der Waals surface area (Å²) in [7, 11) is 0. The molecule has 1 fully saturated rings. The molecule has 0 aromatic carbocycles. The van der Waals surface area contributed by atoms with Gasteiger partial charge in [-0.25, -0.2) is 0 Å². The van der Waals surface area contributed by atoms with Gasteiger partial charge in [0.1, 0.15) is 5.79 Å². The number of hydrogen-bond acceptors (Lipinski definition) is 8. The number of carbonyl (C=O) groups is 2. The normalized spacial score (nSPS) is 19.9. The molecule has 1 aliphatic rings. The number of esters is 2. The molecule has 0 aromatic rings. The summed E-state index contributed by atoms with van der Waals surface area (Å²) in [5.41, 5.74) is 27.3. The molecule has 116 valence electrons. The van der Waals surface area contributed by atoms with Crippen LogP contribution in [-0.4, -0.2) is 30.3 Å². The minimum atomic E-state index is -1.29. The number of hydrogen-bond donors (Lipinski definition) is 5. The van der Waals surface area contributed by atoms with E-state index in [1.165, 1.54) is 0 Å². The average Bonchev–Trinajstić information content (AvgIpc) is 2.56. The Morgan fingerprint density at radius 3 is 2.20 bits per heavy atom. The van der Waals surface area contributed by atoms with E-state index in [0.717, 1.165) is 5.57 Å². The van der Waals surface area contributed by atoms with Gasteiger partial charge in [0, 0.05) is 0 Å². The van der Waals surface area contributed by atoms with Crippen LogP contribution in [0.1, 0.15) is 26.7 Å². The Bertz CT molecular complexity index is 372. The van der Waals surface area contributed by atoms with Crippen molar-refractivity contribution in [2.24, 2.45) is 34.6 Å². The molecule has 0 spiro atoms. The van der Waals surface area contributed by atoms with Gasteiger partial charge in [0.2, 0.25) is 0 Å². The highest BCUT2D eigenvalue weighted by Crippen LogP contribution is 2.18. The fraction of sp³-hybridized carbons (Fsp3) is 0.667. The first-order chi connectivity index (χ1) is 9.07. The fourth-order valence-electron chi connectivity index (χ4n) is 1.45. The van der Waals surface area contributed by atoms with E-state index in [9.17, 15) is 9.59 Å². The second kappa shape index (κ2) is 8.08. The van der Waals surface area contributed by atoms with Crippen LogP contribution in [0.2, 0.25) is 0 Å². The maximum Gasteiger partial charge on any atom is 0.321 e. The molecule has 0 radical (unpaired) electrons. The number of cyclic esters (lactones) is 2. The van der Waals surface area contributed by atoms with Crippen molar-refractivity contribution < 1.29 is 14.3 Å². The Hall–Kier alpha value is -1.32. The third-order valence-electron chi connectivity index (χ3n) is 2.56. The Morgan fingerprint density at radius 2 is 1.95 bits per heavy atom. The molecule has 2 atom stereocenters. The van der Waals surface area contributed by atoms with Gasteiger partial charge < -0.3 is 16.2 Å². The summed E-state index contributed by atoms with van der Waals surface area (Å²) >= 11 is 0. The Kier molecular flexibility index (Phi) is 7.54. The van der Waals surface area contributed by atoms with Crippen molar-refractivity contribution in [1.29, 1.82) is 0 Å². The van der Waals surface area contributed by atoms with Crippen molar-refractivity contribution in [3.05, 3.63) is 11.6 Å². The maximum atomic E-state index is 10.8. The highest BCUT2D eigenvalue weighted by Gasteiger charge is 2.31. The molecular weight excluding hydrogens is 262 g/mol. The monoisotopic (exact) mass is 287 g/mol. The lowest BCUT2D eigenvalue weighted by atomic mass is 10.1. The van der Waals surface area contributed by atoms with Crippen LogP contribution in [0.3, 0.4) is 0 Å². The lowest BCUT2D eigenvalue weighted by Crippen LogP contribution is -2.69. The Labute approximate surface area is 118 Å². The van der Waals surface area contributed by atoms with Crippen molar-refractivity contribution in [3.63, 3.8) is 0 Å². The third-order valence-corrected chi connectivity index (χ3v) is 2.56. The van der Waals surface area contributed by atoms with E-state index in [0.29, 0.717) is 13.0 Å². The SMILES string of the molecule is CC(C)=CC1CC(=O)OC1=O.NCCC(N)C(N)(N)N. The molecule has 1 aliphatic heterocycles. The van der Waals surface area contributed by atoms with E-state index >= 15 is 0 Å². The number of ether oxygens (including phenoxy) is 1. The molecule has 1 saturated heterocycles. The lowest BCUT2D eigenvalue weighted by molar-refractivity contribution is -0.152. The number of carbonyl (C=O) groups excluding carboxylic acids is 2. The molecular formula is C12H25N5O3. The minimum absolute atomic E-state index is 0.198. The standard InChI is InChI=1S/C8H10O3.C4H15N5/c1-5(2)3-6-4-7(9)11-8(6)10;5-2-1-3(6)4(7,8)9/h3,6H,4H2,1-2H3;3H,1-2,5-9H2. The number of rotatable bonds is 4. The lowest BCUT2D eigenvalue weighted by Gasteiger charge is -2.25.